The van der Waals surface area contributed by atoms with Crippen LogP contribution in [0.5, 0.6) is 0 Å². The number of thioether (sulfide) groups is 1. The SMILES string of the molecule is CSCCC(NC(=O)C(N)CCC(=O)O)C(=O)NC(C(=O)NC(CC(C)C)C(=O)O)C(C)O. The summed E-state index contributed by atoms with van der Waals surface area (Å²) in [5, 5.41) is 35.2. The molecule has 0 aliphatic heterocycles. The normalized spacial score (nSPS) is 15.6. The van der Waals surface area contributed by atoms with E-state index in [1.54, 1.807) is 20.1 Å². The number of carboxylic acids is 2. The van der Waals surface area contributed by atoms with Crippen molar-refractivity contribution in [3.05, 3.63) is 0 Å². The van der Waals surface area contributed by atoms with Crippen molar-refractivity contribution in [1.82, 2.24) is 16.0 Å². The first kappa shape index (κ1) is 30.6. The number of nitrogens with two attached hydrogens (primary N) is 1. The molecule has 0 aromatic heterocycles. The molecule has 0 rings (SSSR count). The molecule has 0 bridgehead atoms. The van der Waals surface area contributed by atoms with E-state index in [-0.39, 0.29) is 31.6 Å². The van der Waals surface area contributed by atoms with Gasteiger partial charge in [-0.25, -0.2) is 4.79 Å². The van der Waals surface area contributed by atoms with Gasteiger partial charge >= 0.3 is 11.9 Å². The summed E-state index contributed by atoms with van der Waals surface area (Å²) in [4.78, 5) is 59.8. The fourth-order valence-electron chi connectivity index (χ4n) is 2.81. The van der Waals surface area contributed by atoms with E-state index < -0.39 is 59.9 Å². The maximum absolute atomic E-state index is 12.8. The van der Waals surface area contributed by atoms with Crippen molar-refractivity contribution < 1.29 is 39.3 Å². The largest absolute Gasteiger partial charge is 0.481 e. The molecular formula is C20H36N4O8S. The average Bonchev–Trinajstić information content (AvgIpc) is 2.71. The zero-order valence-electron chi connectivity index (χ0n) is 19.4. The highest BCUT2D eigenvalue weighted by molar-refractivity contribution is 7.98. The smallest absolute Gasteiger partial charge is 0.326 e. The summed E-state index contributed by atoms with van der Waals surface area (Å²) in [6.07, 6.45) is 0.343. The van der Waals surface area contributed by atoms with Crippen LogP contribution in [0.3, 0.4) is 0 Å². The quantitative estimate of drug-likeness (QED) is 0.138. The number of hydrogen-bond acceptors (Lipinski definition) is 8. The third kappa shape index (κ3) is 12.4. The lowest BCUT2D eigenvalue weighted by atomic mass is 10.0. The second-order valence-corrected chi connectivity index (χ2v) is 9.12. The Bertz CT molecular complexity index is 689. The molecule has 190 valence electrons. The fourth-order valence-corrected chi connectivity index (χ4v) is 3.28. The minimum atomic E-state index is -1.46. The van der Waals surface area contributed by atoms with E-state index in [4.69, 9.17) is 10.8 Å². The predicted octanol–water partition coefficient (Wildman–Crippen LogP) is -1.10. The van der Waals surface area contributed by atoms with Crippen LogP contribution in [0.15, 0.2) is 0 Å². The van der Waals surface area contributed by atoms with Gasteiger partial charge in [0.05, 0.1) is 12.1 Å². The van der Waals surface area contributed by atoms with Crippen LogP contribution in [0.2, 0.25) is 0 Å². The van der Waals surface area contributed by atoms with Crippen molar-refractivity contribution in [3.63, 3.8) is 0 Å². The Labute approximate surface area is 197 Å². The summed E-state index contributed by atoms with van der Waals surface area (Å²) in [6.45, 7) is 4.84. The second kappa shape index (κ2) is 15.5. The number of carbonyl (C=O) groups is 5. The van der Waals surface area contributed by atoms with Gasteiger partial charge in [0.2, 0.25) is 17.7 Å². The molecule has 12 nitrogen and oxygen atoms in total. The summed E-state index contributed by atoms with van der Waals surface area (Å²) in [7, 11) is 0. The van der Waals surface area contributed by atoms with E-state index in [0.29, 0.717) is 5.75 Å². The van der Waals surface area contributed by atoms with Gasteiger partial charge in [0.1, 0.15) is 18.1 Å². The Morgan fingerprint density at radius 3 is 1.91 bits per heavy atom. The molecule has 0 aliphatic rings. The van der Waals surface area contributed by atoms with Crippen LogP contribution in [0.4, 0.5) is 0 Å². The minimum absolute atomic E-state index is 0.0255. The molecule has 0 saturated carbocycles. The Morgan fingerprint density at radius 2 is 1.45 bits per heavy atom. The van der Waals surface area contributed by atoms with Crippen LogP contribution in [-0.4, -0.2) is 87.3 Å². The zero-order chi connectivity index (χ0) is 25.7. The summed E-state index contributed by atoms with van der Waals surface area (Å²) in [6, 6.07) is -4.90. The van der Waals surface area contributed by atoms with Gasteiger partial charge in [-0.1, -0.05) is 13.8 Å². The van der Waals surface area contributed by atoms with Gasteiger partial charge in [0, 0.05) is 6.42 Å². The van der Waals surface area contributed by atoms with E-state index >= 15 is 0 Å². The fraction of sp³-hybridized carbons (Fsp3) is 0.750. The van der Waals surface area contributed by atoms with Gasteiger partial charge in [0.25, 0.3) is 0 Å². The van der Waals surface area contributed by atoms with Crippen molar-refractivity contribution in [2.24, 2.45) is 11.7 Å². The van der Waals surface area contributed by atoms with Gasteiger partial charge in [-0.3, -0.25) is 19.2 Å². The standard InChI is InChI=1S/C20H36N4O8S/c1-10(2)9-14(20(31)32)23-19(30)16(11(3)25)24-18(29)13(7-8-33-4)22-17(28)12(21)5-6-15(26)27/h10-14,16,25H,5-9,21H2,1-4H3,(H,22,28)(H,23,30)(H,24,29)(H,26,27)(H,31,32). The van der Waals surface area contributed by atoms with Crippen LogP contribution >= 0.6 is 11.8 Å². The van der Waals surface area contributed by atoms with Crippen molar-refractivity contribution in [2.75, 3.05) is 12.0 Å². The van der Waals surface area contributed by atoms with Crippen LogP contribution in [0, 0.1) is 5.92 Å². The number of aliphatic carboxylic acids is 2. The maximum atomic E-state index is 12.8. The lowest BCUT2D eigenvalue weighted by molar-refractivity contribution is -0.143. The third-order valence-corrected chi connectivity index (χ3v) is 5.28. The lowest BCUT2D eigenvalue weighted by Gasteiger charge is -2.26. The average molecular weight is 493 g/mol. The van der Waals surface area contributed by atoms with E-state index in [0.717, 1.165) is 0 Å². The molecule has 0 heterocycles. The minimum Gasteiger partial charge on any atom is -0.481 e. The molecule has 0 aromatic carbocycles. The van der Waals surface area contributed by atoms with Crippen LogP contribution in [0.1, 0.15) is 46.5 Å². The molecule has 0 aliphatic carbocycles. The molecule has 0 spiro atoms. The third-order valence-electron chi connectivity index (χ3n) is 4.63. The number of aliphatic hydroxyl groups is 1. The lowest BCUT2D eigenvalue weighted by Crippen LogP contribution is -2.60. The molecule has 5 unspecified atom stereocenters. The topological polar surface area (TPSA) is 208 Å². The summed E-state index contributed by atoms with van der Waals surface area (Å²) in [5.41, 5.74) is 5.69. The van der Waals surface area contributed by atoms with Crippen LogP contribution in [0.25, 0.3) is 0 Å². The number of aliphatic hydroxyl groups excluding tert-OH is 1. The Hall–Kier alpha value is -2.38. The first-order valence-corrected chi connectivity index (χ1v) is 12.0. The van der Waals surface area contributed by atoms with Gasteiger partial charge in [-0.05, 0) is 44.1 Å². The number of hydrogen-bond donors (Lipinski definition) is 7. The molecule has 0 saturated heterocycles. The van der Waals surface area contributed by atoms with Crippen LogP contribution in [-0.2, 0) is 24.0 Å². The predicted molar refractivity (Wildman–Crippen MR) is 122 cm³/mol. The van der Waals surface area contributed by atoms with E-state index in [9.17, 15) is 34.2 Å². The molecule has 5 atom stereocenters. The number of carboxylic acid groups (broad SMARTS) is 2. The van der Waals surface area contributed by atoms with E-state index in [1.807, 2.05) is 0 Å². The molecule has 3 amide bonds. The van der Waals surface area contributed by atoms with Gasteiger partial charge in [0.15, 0.2) is 0 Å². The second-order valence-electron chi connectivity index (χ2n) is 8.14. The number of nitrogens with one attached hydrogen (secondary N) is 3. The zero-order valence-corrected chi connectivity index (χ0v) is 20.2. The maximum Gasteiger partial charge on any atom is 0.326 e. The van der Waals surface area contributed by atoms with Crippen molar-refractivity contribution in [3.8, 4) is 0 Å². The molecule has 0 fully saturated rings. The molecule has 0 radical (unpaired) electrons. The molecule has 33 heavy (non-hydrogen) atoms. The first-order valence-electron chi connectivity index (χ1n) is 10.6. The molecule has 8 N–H and O–H groups in total. The Kier molecular flexibility index (Phi) is 14.3. The Balaban J connectivity index is 5.35. The Morgan fingerprint density at radius 1 is 0.879 bits per heavy atom. The highest BCUT2D eigenvalue weighted by Gasteiger charge is 2.32. The van der Waals surface area contributed by atoms with Gasteiger partial charge in [-0.15, -0.1) is 0 Å². The summed E-state index contributed by atoms with van der Waals surface area (Å²) >= 11 is 1.41. The molecule has 13 heteroatoms. The highest BCUT2D eigenvalue weighted by Crippen LogP contribution is 2.07. The highest BCUT2D eigenvalue weighted by atomic mass is 32.2. The van der Waals surface area contributed by atoms with Crippen LogP contribution < -0.4 is 21.7 Å². The van der Waals surface area contributed by atoms with E-state index in [2.05, 4.69) is 16.0 Å². The first-order chi connectivity index (χ1) is 15.3. The molecular weight excluding hydrogens is 456 g/mol. The van der Waals surface area contributed by atoms with Crippen molar-refractivity contribution in [2.45, 2.75) is 76.7 Å². The monoisotopic (exact) mass is 492 g/mol. The summed E-state index contributed by atoms with van der Waals surface area (Å²) < 4.78 is 0. The summed E-state index contributed by atoms with van der Waals surface area (Å²) in [5.74, 6) is -4.27. The number of carbonyl (C=O) groups excluding carboxylic acids is 3. The van der Waals surface area contributed by atoms with E-state index in [1.165, 1.54) is 18.7 Å². The van der Waals surface area contributed by atoms with Crippen molar-refractivity contribution >= 4 is 41.4 Å². The number of amides is 3. The van der Waals surface area contributed by atoms with Crippen molar-refractivity contribution in [1.29, 1.82) is 0 Å². The van der Waals surface area contributed by atoms with Gasteiger partial charge < -0.3 is 37.0 Å². The number of rotatable bonds is 16. The molecule has 0 aromatic rings. The van der Waals surface area contributed by atoms with Gasteiger partial charge in [-0.2, -0.15) is 11.8 Å².